The molecule has 1 saturated heterocycles. The molecular formula is C41H36ClN7O2S2. The maximum absolute atomic E-state index is 11.8. The summed E-state index contributed by atoms with van der Waals surface area (Å²) in [7, 11) is 2.01. The van der Waals surface area contributed by atoms with Crippen molar-refractivity contribution in [2.24, 2.45) is 7.05 Å². The minimum Gasteiger partial charge on any atom is -0.368 e. The van der Waals surface area contributed by atoms with Crippen molar-refractivity contribution in [2.45, 2.75) is 16.7 Å². The Labute approximate surface area is 322 Å². The summed E-state index contributed by atoms with van der Waals surface area (Å²) < 4.78 is 8.53. The molecule has 0 spiro atoms. The molecule has 0 aliphatic carbocycles. The molecule has 9 nitrogen and oxygen atoms in total. The maximum atomic E-state index is 11.8. The summed E-state index contributed by atoms with van der Waals surface area (Å²) in [5.41, 5.74) is 9.22. The molecule has 0 radical (unpaired) electrons. The van der Waals surface area contributed by atoms with E-state index in [1.165, 1.54) is 23.9 Å². The molecule has 53 heavy (non-hydrogen) atoms. The van der Waals surface area contributed by atoms with E-state index in [1.54, 1.807) is 12.1 Å². The molecule has 0 bridgehead atoms. The number of hydrogen-bond acceptors (Lipinski definition) is 9. The maximum Gasteiger partial charge on any atom is 0.294 e. The summed E-state index contributed by atoms with van der Waals surface area (Å²) in [6.07, 6.45) is 0. The lowest BCUT2D eigenvalue weighted by molar-refractivity contribution is -0.384. The first kappa shape index (κ1) is 35.8. The molecule has 1 aliphatic heterocycles. The molecule has 6 aromatic rings. The number of nitriles is 1. The summed E-state index contributed by atoms with van der Waals surface area (Å²) in [4.78, 5) is 18.0. The highest BCUT2D eigenvalue weighted by atomic mass is 35.5. The Morgan fingerprint density at radius 2 is 1.43 bits per heavy atom. The molecule has 12 heteroatoms. The summed E-state index contributed by atoms with van der Waals surface area (Å²) in [6.45, 7) is 5.43. The van der Waals surface area contributed by atoms with Gasteiger partial charge in [-0.25, -0.2) is 0 Å². The predicted octanol–water partition coefficient (Wildman–Crippen LogP) is 10.7. The number of aromatic nitrogens is 1. The topological polar surface area (TPSA) is 102 Å². The summed E-state index contributed by atoms with van der Waals surface area (Å²) >= 11 is 8.88. The van der Waals surface area contributed by atoms with Gasteiger partial charge in [-0.3, -0.25) is 10.1 Å². The van der Waals surface area contributed by atoms with E-state index >= 15 is 0 Å². The minimum absolute atomic E-state index is 0.0196. The van der Waals surface area contributed by atoms with Crippen LogP contribution < -0.4 is 19.2 Å². The van der Waals surface area contributed by atoms with E-state index in [0.717, 1.165) is 81.1 Å². The Kier molecular flexibility index (Phi) is 10.8. The van der Waals surface area contributed by atoms with Crippen LogP contribution in [-0.2, 0) is 7.05 Å². The number of rotatable bonds is 11. The van der Waals surface area contributed by atoms with E-state index in [4.69, 9.17) is 11.6 Å². The van der Waals surface area contributed by atoms with Gasteiger partial charge in [-0.15, -0.1) is 0 Å². The Morgan fingerprint density at radius 3 is 2.11 bits per heavy atom. The molecular weight excluding hydrogens is 722 g/mol. The fourth-order valence-electron chi connectivity index (χ4n) is 6.52. The van der Waals surface area contributed by atoms with Crippen LogP contribution in [0.2, 0.25) is 5.02 Å². The lowest BCUT2D eigenvalue weighted by Gasteiger charge is -2.37. The van der Waals surface area contributed by atoms with Gasteiger partial charge in [0.2, 0.25) is 0 Å². The Hall–Kier alpha value is -5.54. The van der Waals surface area contributed by atoms with Gasteiger partial charge in [-0.05, 0) is 115 Å². The van der Waals surface area contributed by atoms with Gasteiger partial charge in [0.05, 0.1) is 16.2 Å². The van der Waals surface area contributed by atoms with Gasteiger partial charge in [0.1, 0.15) is 11.8 Å². The molecule has 266 valence electrons. The number of nitrogens with zero attached hydrogens (tertiary/aromatic N) is 5. The largest absolute Gasteiger partial charge is 0.368 e. The Bertz CT molecular complexity index is 2280. The van der Waals surface area contributed by atoms with Gasteiger partial charge >= 0.3 is 0 Å². The fourth-order valence-corrected chi connectivity index (χ4v) is 8.02. The zero-order valence-electron chi connectivity index (χ0n) is 29.1. The van der Waals surface area contributed by atoms with Crippen molar-refractivity contribution in [2.75, 3.05) is 45.4 Å². The molecule has 1 aromatic heterocycles. The van der Waals surface area contributed by atoms with E-state index in [9.17, 15) is 15.4 Å². The summed E-state index contributed by atoms with van der Waals surface area (Å²) in [5, 5.41) is 22.7. The molecule has 0 atom stereocenters. The quantitative estimate of drug-likeness (QED) is 0.0759. The molecule has 2 N–H and O–H groups in total. The smallest absolute Gasteiger partial charge is 0.294 e. The standard InChI is InChI=1S/C41H36ClN7O2S2/c1-28-37(27-43)40(41(46(28)2)29-11-13-31(42)14-12-29)30-7-6-8-34(25-30)48-23-21-47(22-24-48)33-17-15-32(16-18-33)44-53-36-19-20-38(39(26-36)49(50)51)45-52-35-9-4-3-5-10-35/h3-20,25-26,44-45H,21-24H2,1-2H3. The average Bonchev–Trinajstić information content (AvgIpc) is 3.46. The molecule has 0 amide bonds. The first-order valence-electron chi connectivity index (χ1n) is 17.0. The van der Waals surface area contributed by atoms with Crippen LogP contribution in [-0.4, -0.2) is 35.7 Å². The SMILES string of the molecule is Cc1c(C#N)c(-c2cccc(N3CCN(c4ccc(NSc5ccc(NSc6ccccc6)c([N+](=O)[O-])c5)cc4)CC3)c2)c(-c2ccc(Cl)cc2)n1C. The second-order valence-corrected chi connectivity index (χ2v) is 14.8. The van der Waals surface area contributed by atoms with Crippen molar-refractivity contribution >= 4 is 63.9 Å². The van der Waals surface area contributed by atoms with Crippen LogP contribution in [0.3, 0.4) is 0 Å². The molecule has 1 aliphatic rings. The number of benzene rings is 5. The van der Waals surface area contributed by atoms with Gasteiger partial charge in [-0.1, -0.05) is 54.1 Å². The van der Waals surface area contributed by atoms with Gasteiger partial charge in [0, 0.05) is 82.4 Å². The fraction of sp³-hybridized carbons (Fsp3) is 0.146. The van der Waals surface area contributed by atoms with E-state index < -0.39 is 0 Å². The van der Waals surface area contributed by atoms with Crippen molar-refractivity contribution in [3.63, 3.8) is 0 Å². The number of piperazine rings is 1. The molecule has 0 saturated carbocycles. The lowest BCUT2D eigenvalue weighted by Crippen LogP contribution is -2.46. The van der Waals surface area contributed by atoms with Crippen molar-refractivity contribution in [3.05, 3.63) is 148 Å². The molecule has 0 unspecified atom stereocenters. The Morgan fingerprint density at radius 1 is 0.755 bits per heavy atom. The van der Waals surface area contributed by atoms with Crippen molar-refractivity contribution < 1.29 is 4.92 Å². The van der Waals surface area contributed by atoms with Crippen LogP contribution in [0.1, 0.15) is 11.3 Å². The number of nitro benzene ring substituents is 1. The lowest BCUT2D eigenvalue weighted by atomic mass is 9.97. The third-order valence-corrected chi connectivity index (χ3v) is 11.3. The van der Waals surface area contributed by atoms with Gasteiger partial charge in [0.25, 0.3) is 5.69 Å². The summed E-state index contributed by atoms with van der Waals surface area (Å²) in [5.74, 6) is 0. The van der Waals surface area contributed by atoms with Crippen LogP contribution in [0, 0.1) is 28.4 Å². The van der Waals surface area contributed by atoms with Crippen LogP contribution >= 0.6 is 35.5 Å². The van der Waals surface area contributed by atoms with Gasteiger partial charge < -0.3 is 23.8 Å². The zero-order chi connectivity index (χ0) is 36.9. The van der Waals surface area contributed by atoms with Gasteiger partial charge in [0.15, 0.2) is 0 Å². The highest BCUT2D eigenvalue weighted by molar-refractivity contribution is 8.00. The first-order valence-corrected chi connectivity index (χ1v) is 19.0. The minimum atomic E-state index is -0.365. The normalized spacial score (nSPS) is 12.7. The van der Waals surface area contributed by atoms with Crippen LogP contribution in [0.25, 0.3) is 22.4 Å². The van der Waals surface area contributed by atoms with Crippen LogP contribution in [0.4, 0.5) is 28.4 Å². The van der Waals surface area contributed by atoms with Crippen molar-refractivity contribution in [1.29, 1.82) is 5.26 Å². The first-order chi connectivity index (χ1) is 25.8. The number of hydrogen-bond donors (Lipinski definition) is 2. The number of nitrogens with one attached hydrogen (secondary N) is 2. The van der Waals surface area contributed by atoms with E-state index in [1.807, 2.05) is 86.8 Å². The second-order valence-electron chi connectivity index (χ2n) is 12.6. The highest BCUT2D eigenvalue weighted by Gasteiger charge is 2.23. The number of nitro groups is 1. The zero-order valence-corrected chi connectivity index (χ0v) is 31.5. The van der Waals surface area contributed by atoms with Crippen LogP contribution in [0.15, 0.2) is 131 Å². The van der Waals surface area contributed by atoms with Crippen LogP contribution in [0.5, 0.6) is 0 Å². The van der Waals surface area contributed by atoms with E-state index in [0.29, 0.717) is 16.3 Å². The van der Waals surface area contributed by atoms with E-state index in [2.05, 4.69) is 66.3 Å². The predicted molar refractivity (Wildman–Crippen MR) is 220 cm³/mol. The molecule has 2 heterocycles. The third kappa shape index (κ3) is 7.95. The van der Waals surface area contributed by atoms with Crippen molar-refractivity contribution in [3.8, 4) is 28.5 Å². The van der Waals surface area contributed by atoms with Gasteiger partial charge in [-0.2, -0.15) is 5.26 Å². The Balaban J connectivity index is 0.981. The average molecular weight is 758 g/mol. The van der Waals surface area contributed by atoms with E-state index in [-0.39, 0.29) is 10.6 Å². The van der Waals surface area contributed by atoms with Crippen molar-refractivity contribution in [1.82, 2.24) is 4.57 Å². The monoisotopic (exact) mass is 757 g/mol. The molecule has 5 aromatic carbocycles. The second kappa shape index (κ2) is 16.0. The molecule has 1 fully saturated rings. The number of halogens is 1. The summed E-state index contributed by atoms with van der Waals surface area (Å²) in [6, 6.07) is 41.9. The third-order valence-electron chi connectivity index (χ3n) is 9.40. The molecule has 7 rings (SSSR count). The number of anilines is 4. The highest BCUT2D eigenvalue weighted by Crippen LogP contribution is 2.40.